The van der Waals surface area contributed by atoms with Crippen molar-refractivity contribution in [1.29, 1.82) is 0 Å². The van der Waals surface area contributed by atoms with Crippen LogP contribution in [0.25, 0.3) is 0 Å². The Morgan fingerprint density at radius 2 is 2.05 bits per heavy atom. The number of anilines is 1. The molecule has 1 heterocycles. The van der Waals surface area contributed by atoms with Crippen LogP contribution >= 0.6 is 11.8 Å². The molecule has 1 aliphatic rings. The first-order valence-corrected chi connectivity index (χ1v) is 7.64. The molecule has 1 amide bonds. The van der Waals surface area contributed by atoms with Gasteiger partial charge in [0.15, 0.2) is 0 Å². The molecule has 0 atom stereocenters. The highest BCUT2D eigenvalue weighted by atomic mass is 32.2. The Morgan fingerprint density at radius 3 is 2.67 bits per heavy atom. The fourth-order valence-electron chi connectivity index (χ4n) is 2.24. The minimum atomic E-state index is -0.802. The number of benzene rings is 1. The van der Waals surface area contributed by atoms with E-state index in [1.165, 1.54) is 30.0 Å². The molecular formula is C14H17FN2O3S. The minimum absolute atomic E-state index is 0.0764. The maximum Gasteiger partial charge on any atom is 0.306 e. The summed E-state index contributed by atoms with van der Waals surface area (Å²) in [6.45, 7) is 0.907. The molecule has 0 saturated carbocycles. The summed E-state index contributed by atoms with van der Waals surface area (Å²) in [6.07, 6.45) is 0.960. The normalized spacial score (nSPS) is 16.0. The number of carboxylic acids is 1. The maximum atomic E-state index is 13.1. The molecule has 21 heavy (non-hydrogen) atoms. The van der Waals surface area contributed by atoms with Gasteiger partial charge in [0, 0.05) is 23.7 Å². The van der Waals surface area contributed by atoms with Gasteiger partial charge in [0.2, 0.25) is 5.91 Å². The number of halogens is 1. The van der Waals surface area contributed by atoms with Gasteiger partial charge in [-0.25, -0.2) is 4.39 Å². The summed E-state index contributed by atoms with van der Waals surface area (Å²) in [6, 6.07) is 4.06. The highest BCUT2D eigenvalue weighted by molar-refractivity contribution is 8.00. The number of thioether (sulfide) groups is 1. The van der Waals surface area contributed by atoms with Crippen LogP contribution in [0.5, 0.6) is 0 Å². The SMILES string of the molecule is Nc1ccc(F)cc1SCC(=O)N1CCC(C(=O)O)CC1. The van der Waals surface area contributed by atoms with E-state index >= 15 is 0 Å². The average molecular weight is 312 g/mol. The molecule has 5 nitrogen and oxygen atoms in total. The van der Waals surface area contributed by atoms with Crippen molar-refractivity contribution in [2.24, 2.45) is 5.92 Å². The molecule has 0 aliphatic carbocycles. The van der Waals surface area contributed by atoms with Crippen molar-refractivity contribution in [3.05, 3.63) is 24.0 Å². The molecule has 0 spiro atoms. The van der Waals surface area contributed by atoms with E-state index in [2.05, 4.69) is 0 Å². The Labute approximate surface area is 126 Å². The molecule has 0 radical (unpaired) electrons. The molecular weight excluding hydrogens is 295 g/mol. The van der Waals surface area contributed by atoms with Crippen molar-refractivity contribution in [1.82, 2.24) is 4.90 Å². The molecule has 7 heteroatoms. The largest absolute Gasteiger partial charge is 0.481 e. The lowest BCUT2D eigenvalue weighted by atomic mass is 9.97. The van der Waals surface area contributed by atoms with E-state index < -0.39 is 5.97 Å². The Balaban J connectivity index is 1.85. The molecule has 2 rings (SSSR count). The van der Waals surface area contributed by atoms with E-state index in [1.54, 1.807) is 4.90 Å². The number of nitrogens with two attached hydrogens (primary N) is 1. The maximum absolute atomic E-state index is 13.1. The number of rotatable bonds is 4. The van der Waals surface area contributed by atoms with E-state index in [1.807, 2.05) is 0 Å². The molecule has 0 unspecified atom stereocenters. The van der Waals surface area contributed by atoms with Gasteiger partial charge >= 0.3 is 5.97 Å². The van der Waals surface area contributed by atoms with E-state index in [0.717, 1.165) is 0 Å². The van der Waals surface area contributed by atoms with E-state index in [0.29, 0.717) is 36.5 Å². The molecule has 1 aliphatic heterocycles. The molecule has 114 valence electrons. The second kappa shape index (κ2) is 6.80. The summed E-state index contributed by atoms with van der Waals surface area (Å²) in [5, 5.41) is 8.91. The van der Waals surface area contributed by atoms with Crippen LogP contribution in [0.1, 0.15) is 12.8 Å². The van der Waals surface area contributed by atoms with Gasteiger partial charge < -0.3 is 15.7 Å². The van der Waals surface area contributed by atoms with Crippen LogP contribution in [0.4, 0.5) is 10.1 Å². The Hall–Kier alpha value is -1.76. The van der Waals surface area contributed by atoms with Crippen molar-refractivity contribution in [2.45, 2.75) is 17.7 Å². The van der Waals surface area contributed by atoms with Gasteiger partial charge in [0.25, 0.3) is 0 Å². The summed E-state index contributed by atoms with van der Waals surface area (Å²) in [4.78, 5) is 25.1. The van der Waals surface area contributed by atoms with Gasteiger partial charge in [-0.15, -0.1) is 11.8 Å². The van der Waals surface area contributed by atoms with Crippen molar-refractivity contribution in [3.63, 3.8) is 0 Å². The Bertz CT molecular complexity index is 545. The van der Waals surface area contributed by atoms with Crippen LogP contribution in [0, 0.1) is 11.7 Å². The number of nitrogen functional groups attached to an aromatic ring is 1. The van der Waals surface area contributed by atoms with Crippen molar-refractivity contribution in [2.75, 3.05) is 24.6 Å². The third-order valence-corrected chi connectivity index (χ3v) is 4.58. The quantitative estimate of drug-likeness (QED) is 0.654. The summed E-state index contributed by atoms with van der Waals surface area (Å²) in [5.41, 5.74) is 6.17. The molecule has 0 bridgehead atoms. The van der Waals surface area contributed by atoms with Crippen LogP contribution in [0.2, 0.25) is 0 Å². The fourth-order valence-corrected chi connectivity index (χ4v) is 3.13. The number of hydrogen-bond donors (Lipinski definition) is 2. The number of nitrogens with zero attached hydrogens (tertiary/aromatic N) is 1. The van der Waals surface area contributed by atoms with Crippen molar-refractivity contribution < 1.29 is 19.1 Å². The molecule has 1 fully saturated rings. The molecule has 3 N–H and O–H groups in total. The molecule has 1 saturated heterocycles. The van der Waals surface area contributed by atoms with Crippen molar-refractivity contribution in [3.8, 4) is 0 Å². The monoisotopic (exact) mass is 312 g/mol. The van der Waals surface area contributed by atoms with Gasteiger partial charge in [-0.1, -0.05) is 0 Å². The second-order valence-corrected chi connectivity index (χ2v) is 5.98. The summed E-state index contributed by atoms with van der Waals surface area (Å²) in [7, 11) is 0. The number of amides is 1. The van der Waals surface area contributed by atoms with Crippen LogP contribution in [-0.2, 0) is 9.59 Å². The first kappa shape index (κ1) is 15.6. The standard InChI is InChI=1S/C14H17FN2O3S/c15-10-1-2-11(16)12(7-10)21-8-13(18)17-5-3-9(4-6-17)14(19)20/h1-2,7,9H,3-6,8,16H2,(H,19,20). The number of aliphatic carboxylic acids is 1. The third kappa shape index (κ3) is 4.10. The zero-order valence-electron chi connectivity index (χ0n) is 11.4. The zero-order valence-corrected chi connectivity index (χ0v) is 12.2. The van der Waals surface area contributed by atoms with E-state index in [9.17, 15) is 14.0 Å². The first-order chi connectivity index (χ1) is 9.97. The van der Waals surface area contributed by atoms with Crippen LogP contribution in [0.3, 0.4) is 0 Å². The Morgan fingerprint density at radius 1 is 1.38 bits per heavy atom. The highest BCUT2D eigenvalue weighted by Gasteiger charge is 2.26. The molecule has 1 aromatic carbocycles. The van der Waals surface area contributed by atoms with Gasteiger partial charge in [-0.3, -0.25) is 9.59 Å². The van der Waals surface area contributed by atoms with Gasteiger partial charge in [-0.05, 0) is 31.0 Å². The van der Waals surface area contributed by atoms with Crippen LogP contribution in [-0.4, -0.2) is 40.7 Å². The number of carbonyl (C=O) groups is 2. The molecule has 1 aromatic rings. The van der Waals surface area contributed by atoms with Gasteiger partial charge in [-0.2, -0.15) is 0 Å². The first-order valence-electron chi connectivity index (χ1n) is 6.66. The van der Waals surface area contributed by atoms with E-state index in [4.69, 9.17) is 10.8 Å². The Kier molecular flexibility index (Phi) is 5.06. The minimum Gasteiger partial charge on any atom is -0.481 e. The summed E-state index contributed by atoms with van der Waals surface area (Å²) >= 11 is 1.20. The smallest absolute Gasteiger partial charge is 0.306 e. The van der Waals surface area contributed by atoms with Gasteiger partial charge in [0.1, 0.15) is 5.82 Å². The number of carboxylic acid groups (broad SMARTS) is 1. The van der Waals surface area contributed by atoms with E-state index in [-0.39, 0.29) is 23.4 Å². The fraction of sp³-hybridized carbons (Fsp3) is 0.429. The second-order valence-electron chi connectivity index (χ2n) is 4.96. The van der Waals surface area contributed by atoms with Gasteiger partial charge in [0.05, 0.1) is 11.7 Å². The number of piperidine rings is 1. The predicted octanol–water partition coefficient (Wildman–Crippen LogP) is 1.82. The number of hydrogen-bond acceptors (Lipinski definition) is 4. The third-order valence-electron chi connectivity index (χ3n) is 3.52. The van der Waals surface area contributed by atoms with Crippen molar-refractivity contribution >= 4 is 29.3 Å². The lowest BCUT2D eigenvalue weighted by Gasteiger charge is -2.30. The highest BCUT2D eigenvalue weighted by Crippen LogP contribution is 2.26. The van der Waals surface area contributed by atoms with Crippen LogP contribution in [0.15, 0.2) is 23.1 Å². The zero-order chi connectivity index (χ0) is 15.4. The van der Waals surface area contributed by atoms with Crippen LogP contribution < -0.4 is 5.73 Å². The predicted molar refractivity (Wildman–Crippen MR) is 78.5 cm³/mol. The lowest BCUT2D eigenvalue weighted by Crippen LogP contribution is -2.41. The molecule has 0 aromatic heterocycles. The lowest BCUT2D eigenvalue weighted by molar-refractivity contribution is -0.145. The summed E-state index contributed by atoms with van der Waals surface area (Å²) in [5.74, 6) is -1.45. The topological polar surface area (TPSA) is 83.6 Å². The summed E-state index contributed by atoms with van der Waals surface area (Å²) < 4.78 is 13.1. The number of carbonyl (C=O) groups excluding carboxylic acids is 1. The number of likely N-dealkylation sites (tertiary alicyclic amines) is 1. The average Bonchev–Trinajstić information content (AvgIpc) is 2.48.